The van der Waals surface area contributed by atoms with Gasteiger partial charge in [0.25, 0.3) is 5.69 Å². The third-order valence-corrected chi connectivity index (χ3v) is 3.08. The highest BCUT2D eigenvalue weighted by Gasteiger charge is 2.34. The van der Waals surface area contributed by atoms with Gasteiger partial charge in [-0.15, -0.1) is 0 Å². The third kappa shape index (κ3) is 2.40. The van der Waals surface area contributed by atoms with Gasteiger partial charge >= 0.3 is 6.03 Å². The molecule has 1 unspecified atom stereocenters. The molecule has 0 aromatic heterocycles. The highest BCUT2D eigenvalue weighted by Crippen LogP contribution is 2.23. The molecule has 0 aliphatic carbocycles. The lowest BCUT2D eigenvalue weighted by Gasteiger charge is -2.30. The predicted octanol–water partition coefficient (Wildman–Crippen LogP) is 1.68. The number of benzene rings is 1. The molecule has 1 N–H and O–H groups in total. The highest BCUT2D eigenvalue weighted by molar-refractivity contribution is 6.16. The maximum absolute atomic E-state index is 12.1. The summed E-state index contributed by atoms with van der Waals surface area (Å²) < 4.78 is 0. The summed E-state index contributed by atoms with van der Waals surface area (Å²) in [5, 5.41) is 13.2. The fraction of sp³-hybridized carbons (Fsp3) is 0.333. The average Bonchev–Trinajstić information content (AvgIpc) is 2.39. The van der Waals surface area contributed by atoms with Crippen LogP contribution in [0.1, 0.15) is 13.3 Å². The number of carbonyl (C=O) groups excluding carboxylic acids is 2. The number of nitro benzene ring substituents is 1. The van der Waals surface area contributed by atoms with Gasteiger partial charge in [-0.3, -0.25) is 14.9 Å². The van der Waals surface area contributed by atoms with Crippen molar-refractivity contribution in [2.24, 2.45) is 5.92 Å². The fourth-order valence-electron chi connectivity index (χ4n) is 1.95. The monoisotopic (exact) mass is 263 g/mol. The molecule has 7 heteroatoms. The molecule has 1 heterocycles. The van der Waals surface area contributed by atoms with E-state index >= 15 is 0 Å². The number of amides is 3. The van der Waals surface area contributed by atoms with Gasteiger partial charge in [-0.1, -0.05) is 6.92 Å². The van der Waals surface area contributed by atoms with Crippen molar-refractivity contribution in [3.05, 3.63) is 34.4 Å². The number of rotatable bonds is 3. The largest absolute Gasteiger partial charge is 0.337 e. The summed E-state index contributed by atoms with van der Waals surface area (Å²) in [4.78, 5) is 34.9. The Morgan fingerprint density at radius 3 is 2.53 bits per heavy atom. The molecule has 1 atom stereocenters. The van der Waals surface area contributed by atoms with Gasteiger partial charge in [-0.05, 0) is 18.6 Å². The molecule has 0 bridgehead atoms. The van der Waals surface area contributed by atoms with Crippen molar-refractivity contribution in [3.8, 4) is 0 Å². The summed E-state index contributed by atoms with van der Waals surface area (Å²) >= 11 is 0. The van der Waals surface area contributed by atoms with Crippen LogP contribution < -0.4 is 10.2 Å². The van der Waals surface area contributed by atoms with Gasteiger partial charge in [0.2, 0.25) is 5.91 Å². The minimum Gasteiger partial charge on any atom is -0.337 e. The van der Waals surface area contributed by atoms with E-state index in [1.807, 2.05) is 6.92 Å². The van der Waals surface area contributed by atoms with Crippen LogP contribution in [0.2, 0.25) is 0 Å². The molecular weight excluding hydrogens is 250 g/mol. The Balaban J connectivity index is 2.30. The van der Waals surface area contributed by atoms with Crippen molar-refractivity contribution in [2.75, 3.05) is 11.4 Å². The number of nitro groups is 1. The van der Waals surface area contributed by atoms with Gasteiger partial charge in [-0.2, -0.15) is 0 Å². The van der Waals surface area contributed by atoms with Crippen molar-refractivity contribution in [2.45, 2.75) is 13.3 Å². The van der Waals surface area contributed by atoms with Gasteiger partial charge in [-0.25, -0.2) is 9.69 Å². The van der Waals surface area contributed by atoms with Crippen LogP contribution in [0.25, 0.3) is 0 Å². The van der Waals surface area contributed by atoms with Crippen LogP contribution in [-0.4, -0.2) is 23.4 Å². The second-order valence-corrected chi connectivity index (χ2v) is 4.24. The van der Waals surface area contributed by atoms with Crippen molar-refractivity contribution >= 4 is 23.3 Å². The first kappa shape index (κ1) is 13.0. The van der Waals surface area contributed by atoms with E-state index in [2.05, 4.69) is 5.32 Å². The van der Waals surface area contributed by atoms with Crippen LogP contribution in [0, 0.1) is 16.0 Å². The number of hydrogen-bond donors (Lipinski definition) is 1. The molecule has 2 rings (SSSR count). The third-order valence-electron chi connectivity index (χ3n) is 3.08. The minimum absolute atomic E-state index is 0.0827. The molecule has 100 valence electrons. The van der Waals surface area contributed by atoms with E-state index in [4.69, 9.17) is 0 Å². The highest BCUT2D eigenvalue weighted by atomic mass is 16.6. The SMILES string of the molecule is CCC1CNC(=O)N(c2ccc([N+](=O)[O-])cc2)C1=O. The molecule has 1 aromatic carbocycles. The molecule has 1 aliphatic heterocycles. The molecule has 1 saturated heterocycles. The van der Waals surface area contributed by atoms with E-state index in [-0.39, 0.29) is 17.5 Å². The fourth-order valence-corrected chi connectivity index (χ4v) is 1.95. The van der Waals surface area contributed by atoms with E-state index < -0.39 is 11.0 Å². The topological polar surface area (TPSA) is 92.6 Å². The first-order valence-electron chi connectivity index (χ1n) is 5.91. The zero-order chi connectivity index (χ0) is 14.0. The van der Waals surface area contributed by atoms with Crippen molar-refractivity contribution in [1.82, 2.24) is 5.32 Å². The molecule has 7 nitrogen and oxygen atoms in total. The van der Waals surface area contributed by atoms with Gasteiger partial charge in [0.15, 0.2) is 0 Å². The summed E-state index contributed by atoms with van der Waals surface area (Å²) in [5.41, 5.74) is 0.256. The molecule has 19 heavy (non-hydrogen) atoms. The van der Waals surface area contributed by atoms with Crippen LogP contribution >= 0.6 is 0 Å². The average molecular weight is 263 g/mol. The summed E-state index contributed by atoms with van der Waals surface area (Å²) in [6.45, 7) is 2.20. The van der Waals surface area contributed by atoms with Gasteiger partial charge < -0.3 is 5.32 Å². The Kier molecular flexibility index (Phi) is 3.46. The number of hydrogen-bond acceptors (Lipinski definition) is 4. The lowest BCUT2D eigenvalue weighted by molar-refractivity contribution is -0.384. The number of imide groups is 1. The summed E-state index contributed by atoms with van der Waals surface area (Å²) in [6.07, 6.45) is 0.628. The van der Waals surface area contributed by atoms with Crippen molar-refractivity contribution in [1.29, 1.82) is 0 Å². The van der Waals surface area contributed by atoms with E-state index in [0.29, 0.717) is 18.7 Å². The number of urea groups is 1. The first-order chi connectivity index (χ1) is 9.04. The molecule has 0 spiro atoms. The Bertz CT molecular complexity index is 526. The van der Waals surface area contributed by atoms with E-state index in [1.165, 1.54) is 24.3 Å². The number of carbonyl (C=O) groups is 2. The van der Waals surface area contributed by atoms with Crippen LogP contribution in [0.5, 0.6) is 0 Å². The zero-order valence-corrected chi connectivity index (χ0v) is 10.3. The van der Waals surface area contributed by atoms with Crippen LogP contribution in [0.4, 0.5) is 16.2 Å². The standard InChI is InChI=1S/C12H13N3O4/c1-2-8-7-13-12(17)14(11(8)16)9-3-5-10(6-4-9)15(18)19/h3-6,8H,2,7H2,1H3,(H,13,17). The normalized spacial score (nSPS) is 19.2. The van der Waals surface area contributed by atoms with E-state index in [0.717, 1.165) is 4.90 Å². The molecule has 1 aliphatic rings. The Hall–Kier alpha value is -2.44. The Morgan fingerprint density at radius 1 is 1.37 bits per heavy atom. The number of non-ortho nitro benzene ring substituents is 1. The van der Waals surface area contributed by atoms with Gasteiger partial charge in [0, 0.05) is 18.7 Å². The number of anilines is 1. The Labute approximate surface area is 109 Å². The summed E-state index contributed by atoms with van der Waals surface area (Å²) in [6, 6.07) is 4.83. The lowest BCUT2D eigenvalue weighted by atomic mass is 10.0. The maximum Gasteiger partial charge on any atom is 0.328 e. The summed E-state index contributed by atoms with van der Waals surface area (Å²) in [5.74, 6) is -0.534. The lowest BCUT2D eigenvalue weighted by Crippen LogP contribution is -2.55. The van der Waals surface area contributed by atoms with Crippen LogP contribution in [0.3, 0.4) is 0 Å². The van der Waals surface area contributed by atoms with Crippen LogP contribution in [0.15, 0.2) is 24.3 Å². The molecule has 3 amide bonds. The van der Waals surface area contributed by atoms with Crippen molar-refractivity contribution < 1.29 is 14.5 Å². The maximum atomic E-state index is 12.1. The molecule has 0 saturated carbocycles. The smallest absolute Gasteiger partial charge is 0.328 e. The quantitative estimate of drug-likeness (QED) is 0.663. The van der Waals surface area contributed by atoms with E-state index in [1.54, 1.807) is 0 Å². The first-order valence-corrected chi connectivity index (χ1v) is 5.91. The predicted molar refractivity (Wildman–Crippen MR) is 67.8 cm³/mol. The second-order valence-electron chi connectivity index (χ2n) is 4.24. The minimum atomic E-state index is -0.531. The zero-order valence-electron chi connectivity index (χ0n) is 10.3. The number of nitrogens with zero attached hydrogens (tertiary/aromatic N) is 2. The van der Waals surface area contributed by atoms with Crippen molar-refractivity contribution in [3.63, 3.8) is 0 Å². The molecule has 0 radical (unpaired) electrons. The van der Waals surface area contributed by atoms with Gasteiger partial charge in [0.05, 0.1) is 16.5 Å². The second kappa shape index (κ2) is 5.05. The molecule has 1 fully saturated rings. The van der Waals surface area contributed by atoms with Crippen LogP contribution in [-0.2, 0) is 4.79 Å². The molecule has 1 aromatic rings. The van der Waals surface area contributed by atoms with Gasteiger partial charge in [0.1, 0.15) is 0 Å². The Morgan fingerprint density at radius 2 is 2.00 bits per heavy atom. The summed E-state index contributed by atoms with van der Waals surface area (Å²) in [7, 11) is 0. The number of nitrogens with one attached hydrogen (secondary N) is 1. The molecular formula is C12H13N3O4. The van der Waals surface area contributed by atoms with E-state index in [9.17, 15) is 19.7 Å².